The molecule has 0 atom stereocenters. The number of fused-ring (bicyclic) bond motifs is 1. The van der Waals surface area contributed by atoms with Gasteiger partial charge in [-0.2, -0.15) is 0 Å². The maximum absolute atomic E-state index is 13.1. The molecule has 0 aliphatic heterocycles. The molecule has 0 aliphatic rings. The number of halogens is 1. The molecule has 0 bridgehead atoms. The molecule has 1 aromatic heterocycles. The second-order valence-corrected chi connectivity index (χ2v) is 6.49. The third-order valence-electron chi connectivity index (χ3n) is 3.62. The van der Waals surface area contributed by atoms with E-state index in [1.54, 1.807) is 23.5 Å². The zero-order valence-corrected chi connectivity index (χ0v) is 13.7. The Morgan fingerprint density at radius 3 is 2.58 bits per heavy atom. The van der Waals surface area contributed by atoms with Crippen molar-refractivity contribution in [3.05, 3.63) is 64.9 Å². The number of allylic oxidation sites excluding steroid dienone is 1. The van der Waals surface area contributed by atoms with Crippen LogP contribution < -0.4 is 0 Å². The molecule has 3 aromatic rings. The maximum Gasteiger partial charge on any atom is 0.303 e. The van der Waals surface area contributed by atoms with Gasteiger partial charge in [0.2, 0.25) is 0 Å². The van der Waals surface area contributed by atoms with Crippen LogP contribution in [0, 0.1) is 5.82 Å². The first-order chi connectivity index (χ1) is 11.6. The Hall–Kier alpha value is -2.53. The number of nitrogens with zero attached hydrogens (tertiary/aromatic N) is 1. The van der Waals surface area contributed by atoms with Crippen LogP contribution in [-0.4, -0.2) is 16.1 Å². The summed E-state index contributed by atoms with van der Waals surface area (Å²) in [5, 5.41) is 9.74. The van der Waals surface area contributed by atoms with Crippen molar-refractivity contribution in [3.63, 3.8) is 0 Å². The Labute approximate surface area is 143 Å². The van der Waals surface area contributed by atoms with Crippen LogP contribution in [0.3, 0.4) is 0 Å². The van der Waals surface area contributed by atoms with E-state index in [2.05, 4.69) is 4.98 Å². The first-order valence-electron chi connectivity index (χ1n) is 7.66. The van der Waals surface area contributed by atoms with E-state index in [0.29, 0.717) is 12.8 Å². The maximum atomic E-state index is 13.1. The average Bonchev–Trinajstić information content (AvgIpc) is 2.99. The largest absolute Gasteiger partial charge is 0.481 e. The van der Waals surface area contributed by atoms with Gasteiger partial charge in [-0.3, -0.25) is 4.79 Å². The lowest BCUT2D eigenvalue weighted by Crippen LogP contribution is -1.94. The molecule has 0 radical (unpaired) electrons. The predicted octanol–water partition coefficient (Wildman–Crippen LogP) is 5.23. The highest BCUT2D eigenvalue weighted by Crippen LogP contribution is 2.31. The lowest BCUT2D eigenvalue weighted by molar-refractivity contribution is -0.137. The number of carboxylic acid groups (broad SMARTS) is 1. The van der Waals surface area contributed by atoms with Crippen molar-refractivity contribution in [2.75, 3.05) is 0 Å². The molecule has 0 saturated carbocycles. The van der Waals surface area contributed by atoms with Crippen molar-refractivity contribution in [1.82, 2.24) is 4.98 Å². The Morgan fingerprint density at radius 1 is 1.12 bits per heavy atom. The standard InChI is InChI=1S/C19H16FNO2S/c20-15-10-8-13(9-11-15)12-14(4-3-7-18(22)23)19-21-16-5-1-2-6-17(16)24-19/h1-2,5-6,8-12H,3-4,7H2,(H,22,23)/b14-12-. The molecule has 2 aromatic carbocycles. The van der Waals surface area contributed by atoms with Crippen molar-refractivity contribution in [2.24, 2.45) is 0 Å². The SMILES string of the molecule is O=C(O)CCC/C(=C/c1ccc(F)cc1)c1nc2ccccc2s1. The van der Waals surface area contributed by atoms with Gasteiger partial charge in [0.25, 0.3) is 0 Å². The Morgan fingerprint density at radius 2 is 1.88 bits per heavy atom. The van der Waals surface area contributed by atoms with Crippen molar-refractivity contribution < 1.29 is 14.3 Å². The van der Waals surface area contributed by atoms with E-state index in [9.17, 15) is 9.18 Å². The summed E-state index contributed by atoms with van der Waals surface area (Å²) in [5.74, 6) is -1.08. The van der Waals surface area contributed by atoms with Gasteiger partial charge in [0.15, 0.2) is 0 Å². The van der Waals surface area contributed by atoms with Crippen LogP contribution in [0.2, 0.25) is 0 Å². The molecular weight excluding hydrogens is 325 g/mol. The minimum Gasteiger partial charge on any atom is -0.481 e. The van der Waals surface area contributed by atoms with Gasteiger partial charge in [0.05, 0.1) is 10.2 Å². The van der Waals surface area contributed by atoms with Crippen LogP contribution in [0.4, 0.5) is 4.39 Å². The number of aliphatic carboxylic acids is 1. The van der Waals surface area contributed by atoms with Crippen molar-refractivity contribution in [1.29, 1.82) is 0 Å². The Bertz CT molecular complexity index is 851. The number of aromatic nitrogens is 1. The molecule has 0 saturated heterocycles. The molecule has 122 valence electrons. The van der Waals surface area contributed by atoms with E-state index >= 15 is 0 Å². The number of benzene rings is 2. The van der Waals surface area contributed by atoms with Gasteiger partial charge in [-0.1, -0.05) is 24.3 Å². The van der Waals surface area contributed by atoms with Crippen molar-refractivity contribution in [2.45, 2.75) is 19.3 Å². The third-order valence-corrected chi connectivity index (χ3v) is 4.73. The topological polar surface area (TPSA) is 50.2 Å². The zero-order chi connectivity index (χ0) is 16.9. The van der Waals surface area contributed by atoms with E-state index < -0.39 is 5.97 Å². The highest BCUT2D eigenvalue weighted by atomic mass is 32.1. The molecule has 0 spiro atoms. The second kappa shape index (κ2) is 7.36. The van der Waals surface area contributed by atoms with Gasteiger partial charge in [-0.05, 0) is 54.3 Å². The Balaban J connectivity index is 1.93. The quantitative estimate of drug-likeness (QED) is 0.668. The normalized spacial score (nSPS) is 11.8. The van der Waals surface area contributed by atoms with E-state index in [1.165, 1.54) is 12.1 Å². The monoisotopic (exact) mass is 341 g/mol. The first kappa shape index (κ1) is 16.3. The van der Waals surface area contributed by atoms with Gasteiger partial charge in [0.1, 0.15) is 10.8 Å². The number of hydrogen-bond acceptors (Lipinski definition) is 3. The fourth-order valence-corrected chi connectivity index (χ4v) is 3.45. The summed E-state index contributed by atoms with van der Waals surface area (Å²) in [6.07, 6.45) is 3.23. The first-order valence-corrected chi connectivity index (χ1v) is 8.47. The van der Waals surface area contributed by atoms with Crippen LogP contribution in [0.5, 0.6) is 0 Å². The summed E-state index contributed by atoms with van der Waals surface area (Å²) in [6.45, 7) is 0. The van der Waals surface area contributed by atoms with E-state index in [0.717, 1.165) is 26.4 Å². The number of carbonyl (C=O) groups is 1. The number of carboxylic acids is 1. The summed E-state index contributed by atoms with van der Waals surface area (Å²) in [6, 6.07) is 14.1. The highest BCUT2D eigenvalue weighted by Gasteiger charge is 2.10. The number of thiazole rings is 1. The van der Waals surface area contributed by atoms with E-state index in [-0.39, 0.29) is 12.2 Å². The van der Waals surface area contributed by atoms with Gasteiger partial charge in [-0.15, -0.1) is 11.3 Å². The van der Waals surface area contributed by atoms with Crippen LogP contribution in [-0.2, 0) is 4.79 Å². The highest BCUT2D eigenvalue weighted by molar-refractivity contribution is 7.19. The van der Waals surface area contributed by atoms with Crippen molar-refractivity contribution >= 4 is 39.2 Å². The average molecular weight is 341 g/mol. The number of para-hydroxylation sites is 1. The van der Waals surface area contributed by atoms with Crippen molar-refractivity contribution in [3.8, 4) is 0 Å². The smallest absolute Gasteiger partial charge is 0.303 e. The summed E-state index contributed by atoms with van der Waals surface area (Å²) >= 11 is 1.59. The molecule has 3 rings (SSSR count). The molecule has 3 nitrogen and oxygen atoms in total. The van der Waals surface area contributed by atoms with Crippen LogP contribution in [0.15, 0.2) is 48.5 Å². The molecular formula is C19H16FNO2S. The summed E-state index contributed by atoms with van der Waals surface area (Å²) in [5.41, 5.74) is 2.78. The fraction of sp³-hybridized carbons (Fsp3) is 0.158. The lowest BCUT2D eigenvalue weighted by atomic mass is 10.1. The Kier molecular flexibility index (Phi) is 5.01. The van der Waals surface area contributed by atoms with Crippen LogP contribution >= 0.6 is 11.3 Å². The summed E-state index contributed by atoms with van der Waals surface area (Å²) in [7, 11) is 0. The minimum absolute atomic E-state index is 0.117. The molecule has 0 aliphatic carbocycles. The van der Waals surface area contributed by atoms with Crippen LogP contribution in [0.1, 0.15) is 29.8 Å². The second-order valence-electron chi connectivity index (χ2n) is 5.46. The summed E-state index contributed by atoms with van der Waals surface area (Å²) in [4.78, 5) is 15.4. The van der Waals surface area contributed by atoms with Gasteiger partial charge < -0.3 is 5.11 Å². The van der Waals surface area contributed by atoms with Gasteiger partial charge >= 0.3 is 5.97 Å². The lowest BCUT2D eigenvalue weighted by Gasteiger charge is -2.04. The third kappa shape index (κ3) is 4.06. The predicted molar refractivity (Wildman–Crippen MR) is 95.4 cm³/mol. The number of rotatable bonds is 6. The molecule has 1 heterocycles. The molecule has 5 heteroatoms. The zero-order valence-electron chi connectivity index (χ0n) is 12.9. The molecule has 0 fully saturated rings. The molecule has 1 N–H and O–H groups in total. The van der Waals surface area contributed by atoms with E-state index in [4.69, 9.17) is 5.11 Å². The molecule has 0 unspecified atom stereocenters. The van der Waals surface area contributed by atoms with E-state index in [1.807, 2.05) is 30.3 Å². The fourth-order valence-electron chi connectivity index (χ4n) is 2.44. The van der Waals surface area contributed by atoms with Crippen LogP contribution in [0.25, 0.3) is 21.9 Å². The van der Waals surface area contributed by atoms with Gasteiger partial charge in [0, 0.05) is 6.42 Å². The summed E-state index contributed by atoms with van der Waals surface area (Å²) < 4.78 is 14.2. The molecule has 24 heavy (non-hydrogen) atoms. The number of hydrogen-bond donors (Lipinski definition) is 1. The minimum atomic E-state index is -0.805. The van der Waals surface area contributed by atoms with Gasteiger partial charge in [-0.25, -0.2) is 9.37 Å². The molecule has 0 amide bonds.